The maximum atomic E-state index is 13.2. The summed E-state index contributed by atoms with van der Waals surface area (Å²) < 4.78 is 27.3. The van der Waals surface area contributed by atoms with Gasteiger partial charge in [-0.2, -0.15) is 4.31 Å². The third-order valence-electron chi connectivity index (χ3n) is 5.95. The fraction of sp³-hybridized carbons (Fsp3) is 0.400. The van der Waals surface area contributed by atoms with Crippen LogP contribution in [0.15, 0.2) is 53.4 Å². The lowest BCUT2D eigenvalue weighted by molar-refractivity contribution is -0.135. The lowest BCUT2D eigenvalue weighted by Crippen LogP contribution is -2.57. The van der Waals surface area contributed by atoms with E-state index < -0.39 is 16.1 Å². The van der Waals surface area contributed by atoms with Crippen molar-refractivity contribution in [2.45, 2.75) is 38.6 Å². The molecule has 0 spiro atoms. The number of piperazine rings is 1. The molecular formula is C25H31N3O5S. The Balaban J connectivity index is 1.66. The number of carbonyl (C=O) groups excluding carboxylic acids is 3. The van der Waals surface area contributed by atoms with Crippen LogP contribution in [0.1, 0.15) is 47.1 Å². The summed E-state index contributed by atoms with van der Waals surface area (Å²) in [7, 11) is -3.73. The molecule has 0 saturated carbocycles. The van der Waals surface area contributed by atoms with Gasteiger partial charge in [0.1, 0.15) is 6.04 Å². The Morgan fingerprint density at radius 3 is 2.06 bits per heavy atom. The third kappa shape index (κ3) is 5.71. The van der Waals surface area contributed by atoms with Crippen molar-refractivity contribution in [3.8, 4) is 0 Å². The predicted molar refractivity (Wildman–Crippen MR) is 129 cm³/mol. The van der Waals surface area contributed by atoms with Crippen LogP contribution in [0, 0.1) is 12.8 Å². The molecule has 0 radical (unpaired) electrons. The van der Waals surface area contributed by atoms with Crippen LogP contribution < -0.4 is 5.32 Å². The van der Waals surface area contributed by atoms with Gasteiger partial charge in [-0.05, 0) is 44.0 Å². The van der Waals surface area contributed by atoms with Crippen LogP contribution in [-0.4, -0.2) is 67.4 Å². The molecule has 0 unspecified atom stereocenters. The molecule has 1 N–H and O–H groups in total. The Bertz CT molecular complexity index is 1170. The average Bonchev–Trinajstić information content (AvgIpc) is 2.82. The molecule has 0 bridgehead atoms. The van der Waals surface area contributed by atoms with Crippen LogP contribution in [0.4, 0.5) is 0 Å². The number of rotatable bonds is 7. The highest BCUT2D eigenvalue weighted by molar-refractivity contribution is 7.89. The van der Waals surface area contributed by atoms with Gasteiger partial charge in [0.25, 0.3) is 5.91 Å². The van der Waals surface area contributed by atoms with E-state index in [1.165, 1.54) is 35.5 Å². The number of nitrogens with zero attached hydrogens (tertiary/aromatic N) is 2. The number of carbonyl (C=O) groups is 3. The fourth-order valence-corrected chi connectivity index (χ4v) is 5.30. The fourth-order valence-electron chi connectivity index (χ4n) is 3.88. The minimum Gasteiger partial charge on any atom is -0.340 e. The summed E-state index contributed by atoms with van der Waals surface area (Å²) in [6.45, 7) is 7.81. The first kappa shape index (κ1) is 25.6. The number of ketones is 1. The van der Waals surface area contributed by atoms with E-state index in [0.717, 1.165) is 5.56 Å². The molecule has 1 aliphatic heterocycles. The molecule has 1 aliphatic rings. The van der Waals surface area contributed by atoms with E-state index in [9.17, 15) is 22.8 Å². The summed E-state index contributed by atoms with van der Waals surface area (Å²) in [5.74, 6) is -0.807. The summed E-state index contributed by atoms with van der Waals surface area (Å²) in [5.41, 5.74) is 1.89. The summed E-state index contributed by atoms with van der Waals surface area (Å²) in [6, 6.07) is 12.3. The summed E-state index contributed by atoms with van der Waals surface area (Å²) in [6.07, 6.45) is 0. The number of sulfonamides is 1. The molecule has 1 saturated heterocycles. The molecular weight excluding hydrogens is 454 g/mol. The zero-order valence-electron chi connectivity index (χ0n) is 19.9. The molecule has 9 heteroatoms. The zero-order valence-corrected chi connectivity index (χ0v) is 20.8. The Hall–Kier alpha value is -3.04. The Morgan fingerprint density at radius 2 is 1.53 bits per heavy atom. The van der Waals surface area contributed by atoms with Gasteiger partial charge in [-0.1, -0.05) is 43.7 Å². The lowest BCUT2D eigenvalue weighted by atomic mass is 10.0. The van der Waals surface area contributed by atoms with Crippen LogP contribution >= 0.6 is 0 Å². The molecule has 3 rings (SSSR count). The summed E-state index contributed by atoms with van der Waals surface area (Å²) >= 11 is 0. The van der Waals surface area contributed by atoms with Gasteiger partial charge in [-0.25, -0.2) is 8.42 Å². The Morgan fingerprint density at radius 1 is 0.912 bits per heavy atom. The minimum absolute atomic E-state index is 0.114. The van der Waals surface area contributed by atoms with Crippen molar-refractivity contribution in [1.29, 1.82) is 0 Å². The summed E-state index contributed by atoms with van der Waals surface area (Å²) in [4.78, 5) is 39.1. The number of aryl methyl sites for hydroxylation is 1. The highest BCUT2D eigenvalue weighted by Crippen LogP contribution is 2.20. The third-order valence-corrected chi connectivity index (χ3v) is 7.86. The first-order chi connectivity index (χ1) is 16.0. The molecule has 2 aromatic rings. The number of hydrogen-bond donors (Lipinski definition) is 1. The average molecular weight is 486 g/mol. The number of benzene rings is 2. The number of nitrogens with one attached hydrogen (secondary N) is 1. The number of amides is 2. The van der Waals surface area contributed by atoms with Gasteiger partial charge in [-0.15, -0.1) is 0 Å². The van der Waals surface area contributed by atoms with Crippen LogP contribution in [0.25, 0.3) is 0 Å². The van der Waals surface area contributed by atoms with Crippen molar-refractivity contribution in [3.63, 3.8) is 0 Å². The normalized spacial score (nSPS) is 15.7. The van der Waals surface area contributed by atoms with Gasteiger partial charge in [0.15, 0.2) is 5.78 Å². The van der Waals surface area contributed by atoms with Gasteiger partial charge >= 0.3 is 0 Å². The molecule has 1 fully saturated rings. The molecule has 0 aliphatic carbocycles. The van der Waals surface area contributed by atoms with E-state index in [4.69, 9.17) is 0 Å². The van der Waals surface area contributed by atoms with E-state index >= 15 is 0 Å². The molecule has 182 valence electrons. The van der Waals surface area contributed by atoms with Gasteiger partial charge in [0.05, 0.1) is 4.90 Å². The second-order valence-corrected chi connectivity index (χ2v) is 10.8. The van der Waals surface area contributed by atoms with E-state index in [2.05, 4.69) is 5.32 Å². The quantitative estimate of drug-likeness (QED) is 0.607. The van der Waals surface area contributed by atoms with E-state index in [-0.39, 0.29) is 54.6 Å². The van der Waals surface area contributed by atoms with Crippen molar-refractivity contribution < 1.29 is 22.8 Å². The molecule has 1 heterocycles. The van der Waals surface area contributed by atoms with E-state index in [1.807, 2.05) is 26.8 Å². The maximum absolute atomic E-state index is 13.2. The second kappa shape index (κ2) is 10.5. The number of hydrogen-bond acceptors (Lipinski definition) is 5. The van der Waals surface area contributed by atoms with Gasteiger partial charge in [0.2, 0.25) is 15.9 Å². The summed E-state index contributed by atoms with van der Waals surface area (Å²) in [5, 5.41) is 2.85. The van der Waals surface area contributed by atoms with Crippen LogP contribution in [-0.2, 0) is 14.8 Å². The van der Waals surface area contributed by atoms with E-state index in [0.29, 0.717) is 11.1 Å². The smallest absolute Gasteiger partial charge is 0.251 e. The van der Waals surface area contributed by atoms with Gasteiger partial charge < -0.3 is 10.2 Å². The largest absolute Gasteiger partial charge is 0.340 e. The van der Waals surface area contributed by atoms with Crippen molar-refractivity contribution in [2.24, 2.45) is 5.92 Å². The molecule has 8 nitrogen and oxygen atoms in total. The minimum atomic E-state index is -3.73. The van der Waals surface area contributed by atoms with Gasteiger partial charge in [-0.3, -0.25) is 14.4 Å². The number of Topliss-reactive ketones (excluding diaryl/α,β-unsaturated/α-hetero) is 1. The maximum Gasteiger partial charge on any atom is 0.251 e. The lowest BCUT2D eigenvalue weighted by Gasteiger charge is -2.36. The molecule has 2 aromatic carbocycles. The Labute approximate surface area is 201 Å². The monoisotopic (exact) mass is 485 g/mol. The first-order valence-corrected chi connectivity index (χ1v) is 12.7. The SMILES string of the molecule is CC(=O)c1ccc(S(=O)(=O)N2CCN(C(=O)[C@@H](NC(=O)c3cccc(C)c3)C(C)C)CC2)cc1. The second-order valence-electron chi connectivity index (χ2n) is 8.87. The first-order valence-electron chi connectivity index (χ1n) is 11.3. The zero-order chi connectivity index (χ0) is 25.0. The van der Waals surface area contributed by atoms with Crippen molar-refractivity contribution >= 4 is 27.6 Å². The highest BCUT2D eigenvalue weighted by atomic mass is 32.2. The van der Waals surface area contributed by atoms with Crippen molar-refractivity contribution in [1.82, 2.24) is 14.5 Å². The predicted octanol–water partition coefficient (Wildman–Crippen LogP) is 2.49. The molecule has 0 aromatic heterocycles. The van der Waals surface area contributed by atoms with Gasteiger partial charge in [0, 0.05) is 37.3 Å². The van der Waals surface area contributed by atoms with Crippen LogP contribution in [0.2, 0.25) is 0 Å². The highest BCUT2D eigenvalue weighted by Gasteiger charge is 2.34. The van der Waals surface area contributed by atoms with Crippen LogP contribution in [0.3, 0.4) is 0 Å². The topological polar surface area (TPSA) is 104 Å². The van der Waals surface area contributed by atoms with E-state index in [1.54, 1.807) is 23.1 Å². The molecule has 1 atom stereocenters. The van der Waals surface area contributed by atoms with Crippen molar-refractivity contribution in [3.05, 3.63) is 65.2 Å². The van der Waals surface area contributed by atoms with Crippen molar-refractivity contribution in [2.75, 3.05) is 26.2 Å². The Kier molecular flexibility index (Phi) is 7.89. The molecule has 2 amide bonds. The standard InChI is InChI=1S/C25H31N3O5S/c1-17(2)23(26-24(30)21-7-5-6-18(3)16-21)25(31)27-12-14-28(15-13-27)34(32,33)22-10-8-20(9-11-22)19(4)29/h5-11,16-17,23H,12-15H2,1-4H3,(H,26,30)/t23-/m0/s1. The van der Waals surface area contributed by atoms with Crippen LogP contribution in [0.5, 0.6) is 0 Å². The molecule has 34 heavy (non-hydrogen) atoms.